The van der Waals surface area contributed by atoms with Crippen LogP contribution in [0, 0.1) is 46.3 Å². The van der Waals surface area contributed by atoms with Crippen LogP contribution in [0.5, 0.6) is 0 Å². The summed E-state index contributed by atoms with van der Waals surface area (Å²) in [6, 6.07) is 0. The minimum atomic E-state index is -0.169. The topological polar surface area (TPSA) is 52.6 Å². The number of hydrogen-bond acceptors (Lipinski definition) is 4. The summed E-state index contributed by atoms with van der Waals surface area (Å²) in [5.74, 6) is 4.04. The first-order valence-corrected chi connectivity index (χ1v) is 13.1. The minimum Gasteiger partial charge on any atom is -0.466 e. The predicted molar refractivity (Wildman–Crippen MR) is 126 cm³/mol. The van der Waals surface area contributed by atoms with Crippen molar-refractivity contribution >= 4 is 11.9 Å². The molecule has 0 spiro atoms. The van der Waals surface area contributed by atoms with Crippen LogP contribution in [-0.2, 0) is 19.1 Å². The molecular formula is C28H44O4. The van der Waals surface area contributed by atoms with Crippen molar-refractivity contribution in [2.45, 2.75) is 98.5 Å². The van der Waals surface area contributed by atoms with Crippen LogP contribution in [0.25, 0.3) is 0 Å². The van der Waals surface area contributed by atoms with Crippen LogP contribution in [0.4, 0.5) is 0 Å². The third-order valence-electron chi connectivity index (χ3n) is 10.3. The molecule has 0 aromatic carbocycles. The van der Waals surface area contributed by atoms with Crippen molar-refractivity contribution in [1.29, 1.82) is 0 Å². The molecule has 3 saturated carbocycles. The Morgan fingerprint density at radius 1 is 1.06 bits per heavy atom. The SMILES string of the molecule is CC(=O)OCCCC(C)C1CCC2C3CCC4CC(OC(C)=O)CCC4(C)C3C=CC12C. The summed E-state index contributed by atoms with van der Waals surface area (Å²) < 4.78 is 10.8. The van der Waals surface area contributed by atoms with Crippen molar-refractivity contribution in [3.8, 4) is 0 Å². The number of carbonyl (C=O) groups excluding carboxylic acids is 2. The maximum Gasteiger partial charge on any atom is 0.302 e. The van der Waals surface area contributed by atoms with Crippen molar-refractivity contribution in [2.75, 3.05) is 6.61 Å². The van der Waals surface area contributed by atoms with Gasteiger partial charge in [-0.15, -0.1) is 0 Å². The summed E-state index contributed by atoms with van der Waals surface area (Å²) >= 11 is 0. The van der Waals surface area contributed by atoms with Crippen molar-refractivity contribution in [3.63, 3.8) is 0 Å². The molecule has 9 unspecified atom stereocenters. The van der Waals surface area contributed by atoms with Crippen LogP contribution in [0.3, 0.4) is 0 Å². The Hall–Kier alpha value is -1.32. The zero-order chi connectivity index (χ0) is 23.1. The van der Waals surface area contributed by atoms with Crippen LogP contribution in [-0.4, -0.2) is 24.6 Å². The maximum atomic E-state index is 11.5. The van der Waals surface area contributed by atoms with E-state index < -0.39 is 0 Å². The van der Waals surface area contributed by atoms with Gasteiger partial charge in [0.05, 0.1) is 6.61 Å². The Morgan fingerprint density at radius 3 is 2.56 bits per heavy atom. The monoisotopic (exact) mass is 444 g/mol. The van der Waals surface area contributed by atoms with Crippen LogP contribution in [0.2, 0.25) is 0 Å². The van der Waals surface area contributed by atoms with E-state index in [9.17, 15) is 9.59 Å². The molecule has 4 rings (SSSR count). The number of carbonyl (C=O) groups is 2. The molecule has 0 amide bonds. The predicted octanol–water partition coefficient (Wildman–Crippen LogP) is 6.33. The van der Waals surface area contributed by atoms with Crippen molar-refractivity contribution in [2.24, 2.45) is 46.3 Å². The second-order valence-corrected chi connectivity index (χ2v) is 12.0. The average Bonchev–Trinajstić information content (AvgIpc) is 3.08. The second-order valence-electron chi connectivity index (χ2n) is 12.0. The fourth-order valence-electron chi connectivity index (χ4n) is 8.69. The van der Waals surface area contributed by atoms with Gasteiger partial charge >= 0.3 is 11.9 Å². The number of fused-ring (bicyclic) bond motifs is 5. The van der Waals surface area contributed by atoms with Gasteiger partial charge in [-0.2, -0.15) is 0 Å². The van der Waals surface area contributed by atoms with Gasteiger partial charge in [0.15, 0.2) is 0 Å². The zero-order valence-electron chi connectivity index (χ0n) is 20.9. The van der Waals surface area contributed by atoms with E-state index in [1.54, 1.807) is 6.92 Å². The van der Waals surface area contributed by atoms with Gasteiger partial charge in [0, 0.05) is 13.8 Å². The van der Waals surface area contributed by atoms with Crippen LogP contribution < -0.4 is 0 Å². The molecule has 3 fully saturated rings. The highest BCUT2D eigenvalue weighted by atomic mass is 16.5. The fraction of sp³-hybridized carbons (Fsp3) is 0.857. The molecule has 4 aliphatic rings. The molecule has 0 N–H and O–H groups in total. The molecule has 0 aliphatic heterocycles. The van der Waals surface area contributed by atoms with Gasteiger partial charge in [-0.3, -0.25) is 9.59 Å². The molecule has 0 bridgehead atoms. The standard InChI is InChI=1S/C28H44O4/c1-18(7-6-16-31-19(2)29)24-10-11-25-23-9-8-21-17-22(32-20(3)30)12-14-27(21,4)26(23)13-15-28(24,25)5/h13,15,18,21-26H,6-12,14,16-17H2,1-5H3. The number of ether oxygens (including phenoxy) is 2. The highest BCUT2D eigenvalue weighted by molar-refractivity contribution is 5.66. The Bertz CT molecular complexity index is 744. The lowest BCUT2D eigenvalue weighted by atomic mass is 9.46. The van der Waals surface area contributed by atoms with E-state index in [-0.39, 0.29) is 18.0 Å². The van der Waals surface area contributed by atoms with Crippen LogP contribution >= 0.6 is 0 Å². The Labute approximate surface area is 194 Å². The van der Waals surface area contributed by atoms with Crippen molar-refractivity contribution in [3.05, 3.63) is 12.2 Å². The first-order chi connectivity index (χ1) is 15.1. The molecule has 0 radical (unpaired) electrons. The largest absolute Gasteiger partial charge is 0.466 e. The summed E-state index contributed by atoms with van der Waals surface area (Å²) in [4.78, 5) is 22.5. The summed E-state index contributed by atoms with van der Waals surface area (Å²) in [6.07, 6.45) is 16.1. The van der Waals surface area contributed by atoms with Gasteiger partial charge in [0.25, 0.3) is 0 Å². The fourth-order valence-corrected chi connectivity index (χ4v) is 8.69. The molecular weight excluding hydrogens is 400 g/mol. The van der Waals surface area contributed by atoms with Gasteiger partial charge in [-0.05, 0) is 104 Å². The highest BCUT2D eigenvalue weighted by Crippen LogP contribution is 2.66. The third-order valence-corrected chi connectivity index (χ3v) is 10.3. The molecule has 180 valence electrons. The molecule has 32 heavy (non-hydrogen) atoms. The quantitative estimate of drug-likeness (QED) is 0.273. The van der Waals surface area contributed by atoms with Gasteiger partial charge in [0.1, 0.15) is 6.10 Å². The summed E-state index contributed by atoms with van der Waals surface area (Å²) in [7, 11) is 0. The summed E-state index contributed by atoms with van der Waals surface area (Å²) in [6.45, 7) is 11.1. The lowest BCUT2D eigenvalue weighted by Crippen LogP contribution is -2.52. The highest BCUT2D eigenvalue weighted by Gasteiger charge is 2.58. The number of hydrogen-bond donors (Lipinski definition) is 0. The van der Waals surface area contributed by atoms with E-state index in [4.69, 9.17) is 9.47 Å². The second kappa shape index (κ2) is 9.14. The first-order valence-electron chi connectivity index (χ1n) is 13.1. The maximum absolute atomic E-state index is 11.5. The van der Waals surface area contributed by atoms with E-state index in [2.05, 4.69) is 32.9 Å². The minimum absolute atomic E-state index is 0.125. The molecule has 4 aliphatic carbocycles. The molecule has 0 heterocycles. The number of rotatable bonds is 6. The molecule has 0 aromatic rings. The van der Waals surface area contributed by atoms with Crippen molar-refractivity contribution in [1.82, 2.24) is 0 Å². The van der Waals surface area contributed by atoms with Crippen LogP contribution in [0.15, 0.2) is 12.2 Å². The zero-order valence-corrected chi connectivity index (χ0v) is 20.9. The first kappa shape index (κ1) is 23.8. The number of esters is 2. The van der Waals surface area contributed by atoms with E-state index in [1.807, 2.05) is 0 Å². The lowest BCUT2D eigenvalue weighted by Gasteiger charge is -2.59. The lowest BCUT2D eigenvalue weighted by molar-refractivity contribution is -0.154. The van der Waals surface area contributed by atoms with Gasteiger partial charge in [-0.25, -0.2) is 0 Å². The van der Waals surface area contributed by atoms with E-state index >= 15 is 0 Å². The van der Waals surface area contributed by atoms with Crippen molar-refractivity contribution < 1.29 is 19.1 Å². The molecule has 0 aromatic heterocycles. The van der Waals surface area contributed by atoms with E-state index in [0.717, 1.165) is 43.4 Å². The van der Waals surface area contributed by atoms with Gasteiger partial charge < -0.3 is 9.47 Å². The normalized spacial score (nSPS) is 43.5. The molecule has 4 heteroatoms. The Kier molecular flexibility index (Phi) is 6.81. The third kappa shape index (κ3) is 4.28. The summed E-state index contributed by atoms with van der Waals surface area (Å²) in [5, 5.41) is 0. The van der Waals surface area contributed by atoms with E-state index in [1.165, 1.54) is 39.0 Å². The average molecular weight is 445 g/mol. The Morgan fingerprint density at radius 2 is 1.84 bits per heavy atom. The number of allylic oxidation sites excluding steroid dienone is 2. The summed E-state index contributed by atoms with van der Waals surface area (Å²) in [5.41, 5.74) is 0.658. The molecule has 9 atom stereocenters. The Balaban J connectivity index is 1.45. The van der Waals surface area contributed by atoms with Gasteiger partial charge in [0.2, 0.25) is 0 Å². The van der Waals surface area contributed by atoms with Gasteiger partial charge in [-0.1, -0.05) is 32.9 Å². The molecule has 0 saturated heterocycles. The van der Waals surface area contributed by atoms with E-state index in [0.29, 0.717) is 35.2 Å². The molecule has 4 nitrogen and oxygen atoms in total. The smallest absolute Gasteiger partial charge is 0.302 e. The van der Waals surface area contributed by atoms with Crippen LogP contribution in [0.1, 0.15) is 92.4 Å².